The molecule has 7 nitrogen and oxygen atoms in total. The molecule has 0 saturated carbocycles. The second kappa shape index (κ2) is 7.17. The maximum Gasteiger partial charge on any atom is 0.326 e. The van der Waals surface area contributed by atoms with Gasteiger partial charge in [-0.05, 0) is 18.6 Å². The Morgan fingerprint density at radius 2 is 1.86 bits per heavy atom. The topological polar surface area (TPSA) is 116 Å². The van der Waals surface area contributed by atoms with Crippen LogP contribution in [0.25, 0.3) is 0 Å². The van der Waals surface area contributed by atoms with Crippen LogP contribution in [0.2, 0.25) is 0 Å². The Morgan fingerprint density at radius 3 is 2.38 bits per heavy atom. The highest BCUT2D eigenvalue weighted by Crippen LogP contribution is 2.14. The molecular formula is C12H12F2N2O5. The number of carbonyl (C=O) groups is 3. The van der Waals surface area contributed by atoms with Crippen molar-refractivity contribution in [1.82, 2.24) is 5.32 Å². The molecule has 1 rings (SSSR count). The molecule has 0 aliphatic heterocycles. The fourth-order valence-electron chi connectivity index (χ4n) is 1.43. The summed E-state index contributed by atoms with van der Waals surface area (Å²) < 4.78 is 26.0. The van der Waals surface area contributed by atoms with E-state index < -0.39 is 42.1 Å². The van der Waals surface area contributed by atoms with Crippen molar-refractivity contribution < 1.29 is 33.4 Å². The number of nitrogens with one attached hydrogen (secondary N) is 2. The van der Waals surface area contributed by atoms with Gasteiger partial charge in [0, 0.05) is 12.5 Å². The van der Waals surface area contributed by atoms with Gasteiger partial charge >= 0.3 is 18.0 Å². The summed E-state index contributed by atoms with van der Waals surface area (Å²) in [4.78, 5) is 32.7. The third kappa shape index (κ3) is 5.43. The highest BCUT2D eigenvalue weighted by molar-refractivity contribution is 5.92. The monoisotopic (exact) mass is 302 g/mol. The number of aliphatic carboxylic acids is 2. The lowest BCUT2D eigenvalue weighted by Crippen LogP contribution is -2.43. The Kier molecular flexibility index (Phi) is 5.58. The first kappa shape index (κ1) is 16.3. The van der Waals surface area contributed by atoms with Crippen molar-refractivity contribution in [2.75, 3.05) is 5.32 Å². The van der Waals surface area contributed by atoms with E-state index in [9.17, 15) is 23.2 Å². The summed E-state index contributed by atoms with van der Waals surface area (Å²) in [6.07, 6.45) is -0.786. The van der Waals surface area contributed by atoms with Gasteiger partial charge in [-0.1, -0.05) is 0 Å². The van der Waals surface area contributed by atoms with Crippen molar-refractivity contribution in [3.05, 3.63) is 29.8 Å². The maximum atomic E-state index is 13.3. The van der Waals surface area contributed by atoms with Crippen LogP contribution in [0.4, 0.5) is 19.3 Å². The van der Waals surface area contributed by atoms with E-state index in [1.807, 2.05) is 10.6 Å². The van der Waals surface area contributed by atoms with Crippen LogP contribution < -0.4 is 10.6 Å². The number of hydrogen-bond acceptors (Lipinski definition) is 3. The molecule has 114 valence electrons. The van der Waals surface area contributed by atoms with E-state index in [0.717, 1.165) is 12.1 Å². The average Bonchev–Trinajstić information content (AvgIpc) is 2.37. The van der Waals surface area contributed by atoms with Gasteiger partial charge < -0.3 is 20.8 Å². The average molecular weight is 302 g/mol. The Hall–Kier alpha value is -2.71. The summed E-state index contributed by atoms with van der Waals surface area (Å²) in [6.45, 7) is 0. The number of halogens is 2. The first-order chi connectivity index (χ1) is 9.79. The van der Waals surface area contributed by atoms with Gasteiger partial charge in [-0.3, -0.25) is 4.79 Å². The molecule has 0 aliphatic rings. The Balaban J connectivity index is 2.65. The summed E-state index contributed by atoms with van der Waals surface area (Å²) in [5.74, 6) is -4.50. The normalized spacial score (nSPS) is 11.5. The summed E-state index contributed by atoms with van der Waals surface area (Å²) in [7, 11) is 0. The SMILES string of the molecule is O=C(O)CC[C@H](NC(=O)Nc1ccc(F)cc1F)C(=O)O. The van der Waals surface area contributed by atoms with Gasteiger partial charge in [-0.15, -0.1) is 0 Å². The van der Waals surface area contributed by atoms with Crippen molar-refractivity contribution >= 4 is 23.7 Å². The molecular weight excluding hydrogens is 290 g/mol. The van der Waals surface area contributed by atoms with Crippen LogP contribution >= 0.6 is 0 Å². The summed E-state index contributed by atoms with van der Waals surface area (Å²) >= 11 is 0. The van der Waals surface area contributed by atoms with Crippen LogP contribution in [0.5, 0.6) is 0 Å². The van der Waals surface area contributed by atoms with E-state index in [1.165, 1.54) is 0 Å². The highest BCUT2D eigenvalue weighted by atomic mass is 19.1. The molecule has 0 radical (unpaired) electrons. The number of carbonyl (C=O) groups excluding carboxylic acids is 1. The number of carboxylic acid groups (broad SMARTS) is 2. The zero-order valence-corrected chi connectivity index (χ0v) is 10.6. The molecule has 4 N–H and O–H groups in total. The molecule has 0 aromatic heterocycles. The van der Waals surface area contributed by atoms with E-state index in [-0.39, 0.29) is 12.1 Å². The number of anilines is 1. The third-order valence-electron chi connectivity index (χ3n) is 2.43. The minimum Gasteiger partial charge on any atom is -0.481 e. The fraction of sp³-hybridized carbons (Fsp3) is 0.250. The number of amides is 2. The minimum absolute atomic E-state index is 0.329. The van der Waals surface area contributed by atoms with Crippen molar-refractivity contribution in [3.63, 3.8) is 0 Å². The second-order valence-electron chi connectivity index (χ2n) is 4.05. The zero-order chi connectivity index (χ0) is 16.0. The molecule has 0 saturated heterocycles. The molecule has 0 aliphatic carbocycles. The number of benzene rings is 1. The Labute approximate surface area is 117 Å². The van der Waals surface area contributed by atoms with Crippen molar-refractivity contribution in [1.29, 1.82) is 0 Å². The van der Waals surface area contributed by atoms with Crippen LogP contribution in [-0.4, -0.2) is 34.2 Å². The molecule has 21 heavy (non-hydrogen) atoms. The molecule has 1 atom stereocenters. The van der Waals surface area contributed by atoms with Crippen LogP contribution in [0.3, 0.4) is 0 Å². The van der Waals surface area contributed by atoms with Crippen molar-refractivity contribution in [3.8, 4) is 0 Å². The Morgan fingerprint density at radius 1 is 1.19 bits per heavy atom. The molecule has 0 bridgehead atoms. The summed E-state index contributed by atoms with van der Waals surface area (Å²) in [5, 5.41) is 21.3. The first-order valence-corrected chi connectivity index (χ1v) is 5.76. The molecule has 0 fully saturated rings. The van der Waals surface area contributed by atoms with Gasteiger partial charge in [0.2, 0.25) is 0 Å². The predicted molar refractivity (Wildman–Crippen MR) is 66.8 cm³/mol. The molecule has 0 spiro atoms. The van der Waals surface area contributed by atoms with Gasteiger partial charge in [0.05, 0.1) is 5.69 Å². The highest BCUT2D eigenvalue weighted by Gasteiger charge is 2.21. The largest absolute Gasteiger partial charge is 0.481 e. The molecule has 0 heterocycles. The number of urea groups is 1. The lowest BCUT2D eigenvalue weighted by molar-refractivity contribution is -0.140. The molecule has 0 unspecified atom stereocenters. The number of rotatable bonds is 6. The number of carboxylic acids is 2. The van der Waals surface area contributed by atoms with E-state index in [1.54, 1.807) is 0 Å². The molecule has 9 heteroatoms. The Bertz CT molecular complexity index is 565. The van der Waals surface area contributed by atoms with E-state index in [4.69, 9.17) is 10.2 Å². The van der Waals surface area contributed by atoms with Crippen LogP contribution in [-0.2, 0) is 9.59 Å². The van der Waals surface area contributed by atoms with Crippen LogP contribution in [0.1, 0.15) is 12.8 Å². The van der Waals surface area contributed by atoms with E-state index in [0.29, 0.717) is 6.07 Å². The standard InChI is InChI=1S/C12H12F2N2O5/c13-6-1-2-8(7(14)5-6)15-12(21)16-9(11(19)20)3-4-10(17)18/h1-2,5,9H,3-4H2,(H,17,18)(H,19,20)(H2,15,16,21)/t9-/m0/s1. The maximum absolute atomic E-state index is 13.3. The fourth-order valence-corrected chi connectivity index (χ4v) is 1.43. The molecule has 1 aromatic rings. The third-order valence-corrected chi connectivity index (χ3v) is 2.43. The minimum atomic E-state index is -1.44. The van der Waals surface area contributed by atoms with Crippen LogP contribution in [0, 0.1) is 11.6 Å². The van der Waals surface area contributed by atoms with Gasteiger partial charge in [-0.25, -0.2) is 18.4 Å². The lowest BCUT2D eigenvalue weighted by Gasteiger charge is -2.14. The van der Waals surface area contributed by atoms with Crippen LogP contribution in [0.15, 0.2) is 18.2 Å². The lowest BCUT2D eigenvalue weighted by atomic mass is 10.1. The van der Waals surface area contributed by atoms with E-state index in [2.05, 4.69) is 0 Å². The van der Waals surface area contributed by atoms with Gasteiger partial charge in [0.1, 0.15) is 17.7 Å². The van der Waals surface area contributed by atoms with Crippen molar-refractivity contribution in [2.45, 2.75) is 18.9 Å². The van der Waals surface area contributed by atoms with Gasteiger partial charge in [-0.2, -0.15) is 0 Å². The second-order valence-corrected chi connectivity index (χ2v) is 4.05. The first-order valence-electron chi connectivity index (χ1n) is 5.76. The zero-order valence-electron chi connectivity index (χ0n) is 10.6. The molecule has 1 aromatic carbocycles. The molecule has 2 amide bonds. The van der Waals surface area contributed by atoms with Gasteiger partial charge in [0.15, 0.2) is 0 Å². The smallest absolute Gasteiger partial charge is 0.326 e. The van der Waals surface area contributed by atoms with E-state index >= 15 is 0 Å². The predicted octanol–water partition coefficient (Wildman–Crippen LogP) is 1.40. The quantitative estimate of drug-likeness (QED) is 0.634. The van der Waals surface area contributed by atoms with Crippen molar-refractivity contribution in [2.24, 2.45) is 0 Å². The van der Waals surface area contributed by atoms with Gasteiger partial charge in [0.25, 0.3) is 0 Å². The summed E-state index contributed by atoms with van der Waals surface area (Å²) in [6, 6.07) is -0.0491. The number of hydrogen-bond donors (Lipinski definition) is 4. The summed E-state index contributed by atoms with van der Waals surface area (Å²) in [5.41, 5.74) is -0.337.